The molecule has 23 nitrogen and oxygen atoms in total. The lowest BCUT2D eigenvalue weighted by Gasteiger charge is -2.23. The van der Waals surface area contributed by atoms with E-state index in [1.165, 1.54) is 12.1 Å². The van der Waals surface area contributed by atoms with Gasteiger partial charge in [-0.1, -0.05) is 75.7 Å². The molecule has 2 amide bonds. The molecule has 0 saturated carbocycles. The number of hydrogen-bond acceptors (Lipinski definition) is 22. The second kappa shape index (κ2) is 35.7. The zero-order valence-electron chi connectivity index (χ0n) is 59.0. The van der Waals surface area contributed by atoms with Crippen LogP contribution in [0, 0.1) is 68.6 Å². The second-order valence-corrected chi connectivity index (χ2v) is 24.9. The average Bonchev–Trinajstić information content (AvgIpc) is 1.63. The summed E-state index contributed by atoms with van der Waals surface area (Å²) in [6, 6.07) is 56.0. The third kappa shape index (κ3) is 18.6. The molecule has 14 rings (SSSR count). The number of anilines is 11. The maximum Gasteiger partial charge on any atom is 0.261 e. The molecule has 2 atom stereocenters. The Labute approximate surface area is 628 Å². The van der Waals surface area contributed by atoms with E-state index in [0.29, 0.717) is 41.3 Å². The van der Waals surface area contributed by atoms with E-state index in [1.807, 2.05) is 161 Å². The van der Waals surface area contributed by atoms with Crippen LogP contribution in [0.25, 0.3) is 43.6 Å². The molecule has 1 aliphatic heterocycles. The van der Waals surface area contributed by atoms with Crippen molar-refractivity contribution in [2.75, 3.05) is 50.3 Å². The zero-order chi connectivity index (χ0) is 77.1. The lowest BCUT2D eigenvalue weighted by atomic mass is 10.1. The van der Waals surface area contributed by atoms with Gasteiger partial charge in [0.25, 0.3) is 11.8 Å². The van der Waals surface area contributed by atoms with Crippen LogP contribution in [0.4, 0.5) is 81.0 Å². The van der Waals surface area contributed by atoms with Crippen molar-refractivity contribution in [3.05, 3.63) is 256 Å². The van der Waals surface area contributed by atoms with Crippen molar-refractivity contribution < 1.29 is 27.2 Å². The summed E-state index contributed by atoms with van der Waals surface area (Å²) in [5.41, 5.74) is 13.1. The quantitative estimate of drug-likeness (QED) is 0.0188. The molecule has 0 aliphatic carbocycles. The van der Waals surface area contributed by atoms with Crippen LogP contribution < -0.4 is 43.0 Å². The van der Waals surface area contributed by atoms with Gasteiger partial charge in [-0.3, -0.25) is 34.4 Å². The highest BCUT2D eigenvalue weighted by Crippen LogP contribution is 2.32. The number of nitrogens with two attached hydrogens (primary N) is 1. The molecule has 0 unspecified atom stereocenters. The van der Waals surface area contributed by atoms with E-state index in [2.05, 4.69) is 77.1 Å². The van der Waals surface area contributed by atoms with Gasteiger partial charge in [0.15, 0.2) is 63.3 Å². The largest absolute Gasteiger partial charge is 0.365 e. The predicted octanol–water partition coefficient (Wildman–Crippen LogP) is 17.4. The van der Waals surface area contributed by atoms with Gasteiger partial charge in [0.05, 0.1) is 55.4 Å². The van der Waals surface area contributed by atoms with Crippen molar-refractivity contribution in [3.8, 4) is 24.3 Å². The SMILES string of the molecule is CCC(CC)Nc1nc(Nc2ccc3ncccc3c2)c(C#N)cc1F.CC[C@H](CN)Nc1nc(Nc2ccc3ncccc3c2)c(C#N)cc1F.CC[C@H](CN1C(=O)c2ccccc2C1=O)Nc1nc(Nc2ccc3ncccc3c2)c(C#N)cc1F.N#Cc1cc(F)c(Cl)nc1Nc1ccc2ncccc2c1. The lowest BCUT2D eigenvalue weighted by molar-refractivity contribution is 0.0647. The van der Waals surface area contributed by atoms with Crippen LogP contribution in [0.5, 0.6) is 0 Å². The monoisotopic (exact) mass is 1480 g/mol. The minimum atomic E-state index is -0.721. The van der Waals surface area contributed by atoms with Crippen molar-refractivity contribution in [1.29, 1.82) is 21.0 Å². The first-order valence-corrected chi connectivity index (χ1v) is 34.8. The Bertz CT molecular complexity index is 5530. The molecule has 0 saturated heterocycles. The highest BCUT2D eigenvalue weighted by Gasteiger charge is 2.36. The Balaban J connectivity index is 0.000000147. The van der Waals surface area contributed by atoms with E-state index in [1.54, 1.807) is 61.2 Å². The molecule has 8 aromatic heterocycles. The van der Waals surface area contributed by atoms with Crippen LogP contribution in [0.2, 0.25) is 5.15 Å². The summed E-state index contributed by atoms with van der Waals surface area (Å²) >= 11 is 5.66. The molecule has 13 aromatic rings. The number of benzene rings is 5. The molecule has 5 aromatic carbocycles. The summed E-state index contributed by atoms with van der Waals surface area (Å²) in [6.45, 7) is 8.28. The van der Waals surface area contributed by atoms with Crippen LogP contribution in [0.15, 0.2) is 195 Å². The maximum atomic E-state index is 14.9. The number of pyridine rings is 8. The molecule has 0 radical (unpaired) electrons. The van der Waals surface area contributed by atoms with Crippen LogP contribution in [0.3, 0.4) is 0 Å². The first kappa shape index (κ1) is 76.1. The summed E-state index contributed by atoms with van der Waals surface area (Å²) in [4.78, 5) is 60.5. The summed E-state index contributed by atoms with van der Waals surface area (Å²) < 4.78 is 56.7. The number of carbonyl (C=O) groups excluding carboxylic acids is 2. The van der Waals surface area contributed by atoms with Crippen LogP contribution in [-0.4, -0.2) is 87.8 Å². The molecule has 0 spiro atoms. The average molecular weight is 1480 g/mol. The summed E-state index contributed by atoms with van der Waals surface area (Å²) in [5, 5.41) is 62.1. The van der Waals surface area contributed by atoms with Gasteiger partial charge in [0.2, 0.25) is 0 Å². The normalized spacial score (nSPS) is 11.8. The van der Waals surface area contributed by atoms with Gasteiger partial charge in [0.1, 0.15) is 30.1 Å². The van der Waals surface area contributed by atoms with Gasteiger partial charge in [-0.15, -0.1) is 0 Å². The fraction of sp³-hybridized carbons (Fsp3) is 0.160. The minimum absolute atomic E-state index is 0.0396. The summed E-state index contributed by atoms with van der Waals surface area (Å²) in [6.07, 6.45) is 9.83. The number of imide groups is 1. The number of hydrogen-bond donors (Lipinski definition) is 8. The third-order valence-corrected chi connectivity index (χ3v) is 17.6. The Morgan fingerprint density at radius 1 is 0.394 bits per heavy atom. The molecule has 109 heavy (non-hydrogen) atoms. The third-order valence-electron chi connectivity index (χ3n) is 17.4. The van der Waals surface area contributed by atoms with E-state index in [0.717, 1.165) is 91.3 Å². The highest BCUT2D eigenvalue weighted by molar-refractivity contribution is 6.29. The standard InChI is InChI=1S/C27H21FN6O2.C20H20FN5.C19H19FN6.C15H8ClFN4/c1-2-18(15-34-26(35)20-7-3-4-8-21(20)27(34)36)31-25-22(28)13-17(14-29)24(33-25)32-19-9-10-23-16(12-19)6-5-11-30-23;1-3-15(4-2)24-20-17(21)11-14(12-22)19(26-20)25-16-7-8-18-13(10-16)6-5-9-23-18;1-2-14(11-22)24-19-16(20)9-13(10-21)18(26-19)25-15-5-6-17-12(8-15)4-3-7-23-17;16-14-12(17)7-10(8-18)15(21-14)20-11-3-4-13-9(6-11)2-1-5-19-13/h3-13,18H,2,15H2,1H3,(H2,31,32,33);5-11,15H,3-4H2,1-2H3,(H2,24,25,26);3-9,14H,2,11,22H2,1H3,(H2,24,25,26);1-7H,(H,20,21)/t18-;;14-;/m1.1./s1. The molecule has 0 fully saturated rings. The Morgan fingerprint density at radius 3 is 1.01 bits per heavy atom. The van der Waals surface area contributed by atoms with Crippen molar-refractivity contribution in [3.63, 3.8) is 0 Å². The maximum absolute atomic E-state index is 14.9. The van der Waals surface area contributed by atoms with Gasteiger partial charge in [0, 0.05) is 100 Å². The van der Waals surface area contributed by atoms with E-state index in [-0.39, 0.29) is 92.8 Å². The van der Waals surface area contributed by atoms with E-state index in [9.17, 15) is 42.9 Å². The van der Waals surface area contributed by atoms with Crippen LogP contribution in [0.1, 0.15) is 96.3 Å². The number of nitrogens with zero attached hydrogens (tertiary/aromatic N) is 13. The molecule has 9 heterocycles. The number of fused-ring (bicyclic) bond motifs is 5. The van der Waals surface area contributed by atoms with Crippen LogP contribution >= 0.6 is 11.6 Å². The van der Waals surface area contributed by atoms with Gasteiger partial charge in [-0.25, -0.2) is 37.5 Å². The zero-order valence-corrected chi connectivity index (χ0v) is 59.8. The Hall–Kier alpha value is -14.0. The Morgan fingerprint density at radius 2 is 0.697 bits per heavy atom. The van der Waals surface area contributed by atoms with Crippen LogP contribution in [-0.2, 0) is 0 Å². The predicted molar refractivity (Wildman–Crippen MR) is 415 cm³/mol. The number of aromatic nitrogens is 8. The first-order valence-electron chi connectivity index (χ1n) is 34.4. The molecular weight excluding hydrogens is 1410 g/mol. The van der Waals surface area contributed by atoms with E-state index in [4.69, 9.17) is 22.6 Å². The van der Waals surface area contributed by atoms with E-state index >= 15 is 0 Å². The first-order chi connectivity index (χ1) is 52.9. The van der Waals surface area contributed by atoms with Crippen molar-refractivity contribution in [2.45, 2.75) is 71.5 Å². The summed E-state index contributed by atoms with van der Waals surface area (Å²) in [5.74, 6) is -2.14. The number of amides is 2. The summed E-state index contributed by atoms with van der Waals surface area (Å²) in [7, 11) is 0. The molecular formula is C81H68ClF4N21O2. The highest BCUT2D eigenvalue weighted by atomic mass is 35.5. The lowest BCUT2D eigenvalue weighted by Crippen LogP contribution is -2.40. The van der Waals surface area contributed by atoms with Gasteiger partial charge in [-0.2, -0.15) is 21.0 Å². The van der Waals surface area contributed by atoms with Crippen molar-refractivity contribution >= 4 is 131 Å². The Kier molecular flexibility index (Phi) is 24.9. The molecule has 9 N–H and O–H groups in total. The number of nitrogens with one attached hydrogen (secondary N) is 7. The van der Waals surface area contributed by atoms with Gasteiger partial charge in [-0.05, 0) is 159 Å². The smallest absolute Gasteiger partial charge is 0.261 e. The second-order valence-electron chi connectivity index (χ2n) is 24.6. The molecule has 544 valence electrons. The van der Waals surface area contributed by atoms with Gasteiger partial charge < -0.3 is 43.0 Å². The molecule has 1 aliphatic rings. The molecule has 0 bridgehead atoms. The fourth-order valence-corrected chi connectivity index (χ4v) is 11.6. The minimum Gasteiger partial charge on any atom is -0.365 e. The molecule has 28 heteroatoms. The van der Waals surface area contributed by atoms with Crippen molar-refractivity contribution in [1.82, 2.24) is 44.8 Å². The van der Waals surface area contributed by atoms with Crippen molar-refractivity contribution in [2.24, 2.45) is 5.73 Å². The fourth-order valence-electron chi connectivity index (χ4n) is 11.4. The van der Waals surface area contributed by atoms with E-state index < -0.39 is 29.3 Å². The van der Waals surface area contributed by atoms with Gasteiger partial charge >= 0.3 is 0 Å². The number of nitriles is 4. The number of halogens is 5. The number of carbonyl (C=O) groups is 2. The topological polar surface area (TPSA) is 346 Å². The number of rotatable bonds is 21.